The molecule has 0 bridgehead atoms. The normalized spacial score (nSPS) is 22.5. The van der Waals surface area contributed by atoms with Gasteiger partial charge in [-0.05, 0) is 42.7 Å². The van der Waals surface area contributed by atoms with E-state index in [2.05, 4.69) is 4.98 Å². The summed E-state index contributed by atoms with van der Waals surface area (Å²) in [7, 11) is 0. The fourth-order valence-corrected chi connectivity index (χ4v) is 4.06. The number of pyridine rings is 1. The highest BCUT2D eigenvalue weighted by Gasteiger charge is 2.49. The van der Waals surface area contributed by atoms with E-state index in [0.717, 1.165) is 25.7 Å². The number of phenolic OH excluding ortho intramolecular Hbond substituents is 1. The van der Waals surface area contributed by atoms with Gasteiger partial charge in [-0.3, -0.25) is 14.6 Å². The molecule has 1 aliphatic heterocycles. The molecule has 0 radical (unpaired) electrons. The smallest absolute Gasteiger partial charge is 0.295 e. The number of Topliss-reactive ketones (excluding diaryl/α,β-unsaturated/α-hetero) is 1. The summed E-state index contributed by atoms with van der Waals surface area (Å²) in [4.78, 5) is 31.3. The number of hydrogen-bond donors (Lipinski definition) is 2. The number of hydrogen-bond acceptors (Lipinski definition) is 5. The molecule has 1 aromatic carbocycles. The molecule has 1 aliphatic carbocycles. The van der Waals surface area contributed by atoms with Gasteiger partial charge >= 0.3 is 0 Å². The number of rotatable bonds is 3. The summed E-state index contributed by atoms with van der Waals surface area (Å²) >= 11 is 0. The third-order valence-electron chi connectivity index (χ3n) is 5.36. The summed E-state index contributed by atoms with van der Waals surface area (Å²) in [6.45, 7) is 0. The molecule has 1 amide bonds. The minimum absolute atomic E-state index is 0.0250. The number of phenols is 1. The summed E-state index contributed by atoms with van der Waals surface area (Å²) in [5.74, 6) is -1.34. The Morgan fingerprint density at radius 2 is 1.63 bits per heavy atom. The van der Waals surface area contributed by atoms with Crippen molar-refractivity contribution >= 4 is 17.4 Å². The Kier molecular flexibility index (Phi) is 4.39. The van der Waals surface area contributed by atoms with Gasteiger partial charge in [-0.2, -0.15) is 0 Å². The lowest BCUT2D eigenvalue weighted by atomic mass is 9.95. The van der Waals surface area contributed by atoms with Gasteiger partial charge in [-0.25, -0.2) is 0 Å². The lowest BCUT2D eigenvalue weighted by Crippen LogP contribution is -2.37. The first kappa shape index (κ1) is 17.3. The Hall–Kier alpha value is -3.15. The van der Waals surface area contributed by atoms with E-state index in [-0.39, 0.29) is 23.1 Å². The SMILES string of the molecule is O=C1C(=O)N(C2CCCC2)C(c2ccc(O)cc2)/C1=C(/O)c1ccncc1. The zero-order valence-electron chi connectivity index (χ0n) is 14.7. The van der Waals surface area contributed by atoms with Crippen LogP contribution in [0.15, 0.2) is 54.4 Å². The zero-order chi connectivity index (χ0) is 19.0. The van der Waals surface area contributed by atoms with Crippen molar-refractivity contribution in [1.29, 1.82) is 0 Å². The predicted octanol–water partition coefficient (Wildman–Crippen LogP) is 3.15. The van der Waals surface area contributed by atoms with Gasteiger partial charge in [0.05, 0.1) is 11.6 Å². The minimum atomic E-state index is -0.672. The molecule has 1 aromatic heterocycles. The molecule has 27 heavy (non-hydrogen) atoms. The highest BCUT2D eigenvalue weighted by Crippen LogP contribution is 2.43. The highest BCUT2D eigenvalue weighted by atomic mass is 16.3. The number of aromatic hydroxyl groups is 1. The molecule has 1 saturated carbocycles. The fourth-order valence-electron chi connectivity index (χ4n) is 4.06. The van der Waals surface area contributed by atoms with Crippen molar-refractivity contribution in [1.82, 2.24) is 9.88 Å². The van der Waals surface area contributed by atoms with E-state index in [1.165, 1.54) is 24.5 Å². The number of aliphatic hydroxyl groups is 1. The maximum absolute atomic E-state index is 12.9. The van der Waals surface area contributed by atoms with E-state index in [1.54, 1.807) is 29.2 Å². The Morgan fingerprint density at radius 3 is 2.26 bits per heavy atom. The molecule has 6 nitrogen and oxygen atoms in total. The van der Waals surface area contributed by atoms with Gasteiger partial charge < -0.3 is 15.1 Å². The van der Waals surface area contributed by atoms with Crippen LogP contribution < -0.4 is 0 Å². The quantitative estimate of drug-likeness (QED) is 0.496. The van der Waals surface area contributed by atoms with Gasteiger partial charge in [0, 0.05) is 24.0 Å². The van der Waals surface area contributed by atoms with E-state index in [1.807, 2.05) is 0 Å². The molecule has 1 atom stereocenters. The van der Waals surface area contributed by atoms with Crippen LogP contribution in [0.25, 0.3) is 5.76 Å². The molecule has 2 heterocycles. The van der Waals surface area contributed by atoms with Gasteiger partial charge in [-0.1, -0.05) is 25.0 Å². The first-order valence-corrected chi connectivity index (χ1v) is 9.07. The molecule has 2 aliphatic rings. The second-order valence-corrected chi connectivity index (χ2v) is 6.97. The molecule has 4 rings (SSSR count). The van der Waals surface area contributed by atoms with Crippen LogP contribution in [0, 0.1) is 0 Å². The molecule has 0 spiro atoms. The van der Waals surface area contributed by atoms with Crippen molar-refractivity contribution in [2.75, 3.05) is 0 Å². The van der Waals surface area contributed by atoms with Gasteiger partial charge in [0.2, 0.25) is 0 Å². The van der Waals surface area contributed by atoms with Crippen LogP contribution in [0.4, 0.5) is 0 Å². The number of aromatic nitrogens is 1. The number of carbonyl (C=O) groups excluding carboxylic acids is 2. The highest BCUT2D eigenvalue weighted by molar-refractivity contribution is 6.46. The summed E-state index contributed by atoms with van der Waals surface area (Å²) in [5.41, 5.74) is 1.22. The summed E-state index contributed by atoms with van der Waals surface area (Å²) in [5, 5.41) is 20.5. The van der Waals surface area contributed by atoms with Gasteiger partial charge in [0.15, 0.2) is 0 Å². The second-order valence-electron chi connectivity index (χ2n) is 6.97. The molecule has 2 N–H and O–H groups in total. The number of amides is 1. The number of likely N-dealkylation sites (tertiary alicyclic amines) is 1. The maximum Gasteiger partial charge on any atom is 0.295 e. The van der Waals surface area contributed by atoms with Gasteiger partial charge in [-0.15, -0.1) is 0 Å². The molecule has 1 saturated heterocycles. The summed E-state index contributed by atoms with van der Waals surface area (Å²) in [6.07, 6.45) is 6.77. The Bertz CT molecular complexity index is 900. The van der Waals surface area contributed by atoms with E-state index in [4.69, 9.17) is 0 Å². The van der Waals surface area contributed by atoms with Crippen molar-refractivity contribution < 1.29 is 19.8 Å². The Balaban J connectivity index is 1.88. The van der Waals surface area contributed by atoms with Gasteiger partial charge in [0.25, 0.3) is 11.7 Å². The lowest BCUT2D eigenvalue weighted by Gasteiger charge is -2.30. The van der Waals surface area contributed by atoms with E-state index >= 15 is 0 Å². The van der Waals surface area contributed by atoms with E-state index < -0.39 is 17.7 Å². The standard InChI is InChI=1S/C21H20N2O4/c24-16-7-5-13(6-8-16)18-17(19(25)14-9-11-22-12-10-14)20(26)21(27)23(18)15-3-1-2-4-15/h5-12,15,18,24-25H,1-4H2/b19-17-. The molecule has 2 aromatic rings. The first-order chi connectivity index (χ1) is 13.1. The maximum atomic E-state index is 12.9. The number of ketones is 1. The summed E-state index contributed by atoms with van der Waals surface area (Å²) in [6, 6.07) is 8.94. The first-order valence-electron chi connectivity index (χ1n) is 9.07. The predicted molar refractivity (Wildman–Crippen MR) is 98.7 cm³/mol. The third-order valence-corrected chi connectivity index (χ3v) is 5.36. The lowest BCUT2D eigenvalue weighted by molar-refractivity contribution is -0.141. The molecule has 138 valence electrons. The average molecular weight is 364 g/mol. The van der Waals surface area contributed by atoms with Crippen molar-refractivity contribution in [2.24, 2.45) is 0 Å². The van der Waals surface area contributed by atoms with E-state index in [9.17, 15) is 19.8 Å². The number of aliphatic hydroxyl groups excluding tert-OH is 1. The number of nitrogens with zero attached hydrogens (tertiary/aromatic N) is 2. The van der Waals surface area contributed by atoms with E-state index in [0.29, 0.717) is 11.1 Å². The summed E-state index contributed by atoms with van der Waals surface area (Å²) < 4.78 is 0. The van der Waals surface area contributed by atoms with Crippen molar-refractivity contribution in [3.8, 4) is 5.75 Å². The molecule has 2 fully saturated rings. The minimum Gasteiger partial charge on any atom is -0.508 e. The fraction of sp³-hybridized carbons (Fsp3) is 0.286. The largest absolute Gasteiger partial charge is 0.508 e. The van der Waals surface area contributed by atoms with Gasteiger partial charge in [0.1, 0.15) is 11.5 Å². The van der Waals surface area contributed by atoms with Crippen molar-refractivity contribution in [3.05, 3.63) is 65.5 Å². The van der Waals surface area contributed by atoms with Crippen molar-refractivity contribution in [2.45, 2.75) is 37.8 Å². The monoisotopic (exact) mass is 364 g/mol. The molecular weight excluding hydrogens is 344 g/mol. The van der Waals surface area contributed by atoms with Crippen LogP contribution in [0.1, 0.15) is 42.9 Å². The van der Waals surface area contributed by atoms with Crippen LogP contribution in [-0.4, -0.2) is 37.8 Å². The zero-order valence-corrected chi connectivity index (χ0v) is 14.7. The average Bonchev–Trinajstić information content (AvgIpc) is 3.30. The molecule has 6 heteroatoms. The third kappa shape index (κ3) is 2.97. The Morgan fingerprint density at radius 1 is 1.00 bits per heavy atom. The van der Waals surface area contributed by atoms with Crippen LogP contribution in [-0.2, 0) is 9.59 Å². The van der Waals surface area contributed by atoms with Crippen LogP contribution in [0.3, 0.4) is 0 Å². The number of carbonyl (C=O) groups is 2. The van der Waals surface area contributed by atoms with Crippen LogP contribution in [0.2, 0.25) is 0 Å². The molecular formula is C21H20N2O4. The number of benzene rings is 1. The van der Waals surface area contributed by atoms with Crippen molar-refractivity contribution in [3.63, 3.8) is 0 Å². The second kappa shape index (κ2) is 6.87. The molecule has 1 unspecified atom stereocenters. The van der Waals surface area contributed by atoms with Crippen LogP contribution in [0.5, 0.6) is 5.75 Å². The Labute approximate surface area is 156 Å². The van der Waals surface area contributed by atoms with Crippen LogP contribution >= 0.6 is 0 Å². The topological polar surface area (TPSA) is 90.7 Å².